The molecular formula is C11H12FNO2. The summed E-state index contributed by atoms with van der Waals surface area (Å²) in [7, 11) is 0. The summed E-state index contributed by atoms with van der Waals surface area (Å²) in [6.45, 7) is 0.219. The van der Waals surface area contributed by atoms with Crippen molar-refractivity contribution in [2.75, 3.05) is 0 Å². The molecule has 1 fully saturated rings. The van der Waals surface area contributed by atoms with Crippen LogP contribution in [0.3, 0.4) is 0 Å². The van der Waals surface area contributed by atoms with Crippen LogP contribution in [0.1, 0.15) is 12.0 Å². The van der Waals surface area contributed by atoms with Crippen LogP contribution in [-0.4, -0.2) is 18.3 Å². The number of halogens is 1. The zero-order valence-corrected chi connectivity index (χ0v) is 8.15. The third-order valence-corrected chi connectivity index (χ3v) is 2.23. The predicted octanol–water partition coefficient (Wildman–Crippen LogP) is 2.02. The number of rotatable bonds is 3. The molecule has 3 nitrogen and oxygen atoms in total. The number of ether oxygens (including phenoxy) is 1. The first-order valence-electron chi connectivity index (χ1n) is 4.87. The van der Waals surface area contributed by atoms with Gasteiger partial charge in [-0.05, 0) is 5.56 Å². The molecule has 1 N–H and O–H groups in total. The van der Waals surface area contributed by atoms with Gasteiger partial charge in [0.05, 0.1) is 6.04 Å². The smallest absolute Gasteiger partial charge is 0.407 e. The molecule has 2 rings (SSSR count). The van der Waals surface area contributed by atoms with Crippen molar-refractivity contribution in [1.82, 2.24) is 5.32 Å². The highest BCUT2D eigenvalue weighted by atomic mass is 19.1. The molecule has 80 valence electrons. The van der Waals surface area contributed by atoms with Crippen molar-refractivity contribution in [3.8, 4) is 0 Å². The average Bonchev–Trinajstić information content (AvgIpc) is 2.93. The summed E-state index contributed by atoms with van der Waals surface area (Å²) >= 11 is 0. The summed E-state index contributed by atoms with van der Waals surface area (Å²) in [5.41, 5.74) is 0.917. The van der Waals surface area contributed by atoms with Gasteiger partial charge in [-0.1, -0.05) is 30.3 Å². The van der Waals surface area contributed by atoms with Gasteiger partial charge in [-0.15, -0.1) is 0 Å². The topological polar surface area (TPSA) is 38.3 Å². The standard InChI is InChI=1S/C11H12FNO2/c12-9-6-10(9)13-11(14)15-7-8-4-2-1-3-5-8/h1-5,9-10H,6-7H2,(H,13,14)/t9-,10-/m0/s1. The summed E-state index contributed by atoms with van der Waals surface area (Å²) < 4.78 is 17.3. The molecule has 1 aliphatic rings. The van der Waals surface area contributed by atoms with Crippen molar-refractivity contribution < 1.29 is 13.9 Å². The Morgan fingerprint density at radius 3 is 2.73 bits per heavy atom. The molecule has 1 aromatic carbocycles. The van der Waals surface area contributed by atoms with E-state index in [1.54, 1.807) is 0 Å². The molecule has 0 spiro atoms. The van der Waals surface area contributed by atoms with Crippen LogP contribution in [0.4, 0.5) is 9.18 Å². The second-order valence-corrected chi connectivity index (χ2v) is 3.56. The number of hydrogen-bond acceptors (Lipinski definition) is 2. The first kappa shape index (κ1) is 9.96. The zero-order valence-electron chi connectivity index (χ0n) is 8.15. The number of carbonyl (C=O) groups is 1. The summed E-state index contributed by atoms with van der Waals surface area (Å²) in [5.74, 6) is 0. The Balaban J connectivity index is 1.71. The quantitative estimate of drug-likeness (QED) is 0.827. The van der Waals surface area contributed by atoms with E-state index in [0.29, 0.717) is 6.42 Å². The average molecular weight is 209 g/mol. The Labute approximate surface area is 87.2 Å². The van der Waals surface area contributed by atoms with E-state index in [1.807, 2.05) is 30.3 Å². The lowest BCUT2D eigenvalue weighted by Gasteiger charge is -2.05. The van der Waals surface area contributed by atoms with Crippen molar-refractivity contribution >= 4 is 6.09 Å². The number of carbonyl (C=O) groups excluding carboxylic acids is 1. The summed E-state index contributed by atoms with van der Waals surface area (Å²) in [6, 6.07) is 9.02. The first-order valence-corrected chi connectivity index (χ1v) is 4.87. The number of hydrogen-bond donors (Lipinski definition) is 1. The van der Waals surface area contributed by atoms with Crippen molar-refractivity contribution in [3.05, 3.63) is 35.9 Å². The highest BCUT2D eigenvalue weighted by molar-refractivity contribution is 5.68. The maximum absolute atomic E-state index is 12.4. The minimum atomic E-state index is -0.894. The van der Waals surface area contributed by atoms with Crippen molar-refractivity contribution in [3.63, 3.8) is 0 Å². The number of alkyl carbamates (subject to hydrolysis) is 1. The monoisotopic (exact) mass is 209 g/mol. The van der Waals surface area contributed by atoms with E-state index in [0.717, 1.165) is 5.56 Å². The van der Waals surface area contributed by atoms with E-state index in [4.69, 9.17) is 4.74 Å². The van der Waals surface area contributed by atoms with Crippen LogP contribution in [0.5, 0.6) is 0 Å². The Kier molecular flexibility index (Phi) is 2.85. The van der Waals surface area contributed by atoms with Gasteiger partial charge >= 0.3 is 6.09 Å². The normalized spacial score (nSPS) is 23.3. The minimum Gasteiger partial charge on any atom is -0.445 e. The van der Waals surface area contributed by atoms with Crippen LogP contribution in [0, 0.1) is 0 Å². The van der Waals surface area contributed by atoms with E-state index < -0.39 is 12.3 Å². The Morgan fingerprint density at radius 1 is 1.47 bits per heavy atom. The molecule has 1 saturated carbocycles. The number of benzene rings is 1. The lowest BCUT2D eigenvalue weighted by Crippen LogP contribution is -2.27. The van der Waals surface area contributed by atoms with Crippen LogP contribution in [-0.2, 0) is 11.3 Å². The van der Waals surface area contributed by atoms with Crippen LogP contribution in [0.15, 0.2) is 30.3 Å². The molecule has 0 bridgehead atoms. The Bertz CT molecular complexity index is 342. The van der Waals surface area contributed by atoms with E-state index >= 15 is 0 Å². The van der Waals surface area contributed by atoms with E-state index in [-0.39, 0.29) is 12.6 Å². The van der Waals surface area contributed by atoms with Crippen LogP contribution in [0.2, 0.25) is 0 Å². The van der Waals surface area contributed by atoms with Crippen molar-refractivity contribution in [1.29, 1.82) is 0 Å². The molecule has 0 saturated heterocycles. The van der Waals surface area contributed by atoms with Gasteiger partial charge < -0.3 is 10.1 Å². The van der Waals surface area contributed by atoms with Crippen molar-refractivity contribution in [2.24, 2.45) is 0 Å². The molecule has 0 heterocycles. The summed E-state index contributed by atoms with van der Waals surface area (Å²) in [6.07, 6.45) is -1.04. The third-order valence-electron chi connectivity index (χ3n) is 2.23. The molecule has 0 unspecified atom stereocenters. The molecule has 15 heavy (non-hydrogen) atoms. The van der Waals surface area contributed by atoms with Crippen LogP contribution >= 0.6 is 0 Å². The van der Waals surface area contributed by atoms with Gasteiger partial charge in [0.15, 0.2) is 0 Å². The molecular weight excluding hydrogens is 197 g/mol. The molecule has 4 heteroatoms. The fourth-order valence-corrected chi connectivity index (χ4v) is 1.23. The second kappa shape index (κ2) is 4.29. The van der Waals surface area contributed by atoms with Gasteiger partial charge in [0.1, 0.15) is 12.8 Å². The first-order chi connectivity index (χ1) is 7.25. The van der Waals surface area contributed by atoms with Gasteiger partial charge in [-0.2, -0.15) is 0 Å². The highest BCUT2D eigenvalue weighted by Gasteiger charge is 2.39. The summed E-state index contributed by atoms with van der Waals surface area (Å²) in [4.78, 5) is 11.1. The molecule has 0 radical (unpaired) electrons. The van der Waals surface area contributed by atoms with Gasteiger partial charge in [0.2, 0.25) is 0 Å². The van der Waals surface area contributed by atoms with Crippen LogP contribution < -0.4 is 5.32 Å². The molecule has 0 aliphatic heterocycles. The second-order valence-electron chi connectivity index (χ2n) is 3.56. The third kappa shape index (κ3) is 2.94. The van der Waals surface area contributed by atoms with Gasteiger partial charge in [-0.25, -0.2) is 9.18 Å². The fraction of sp³-hybridized carbons (Fsp3) is 0.364. The van der Waals surface area contributed by atoms with E-state index in [2.05, 4.69) is 5.32 Å². The Hall–Kier alpha value is -1.58. The minimum absolute atomic E-state index is 0.219. The number of alkyl halides is 1. The molecule has 1 amide bonds. The number of amides is 1. The fourth-order valence-electron chi connectivity index (χ4n) is 1.23. The van der Waals surface area contributed by atoms with Gasteiger partial charge in [0.25, 0.3) is 0 Å². The maximum Gasteiger partial charge on any atom is 0.407 e. The largest absolute Gasteiger partial charge is 0.445 e. The molecule has 0 aromatic heterocycles. The molecule has 1 aromatic rings. The predicted molar refractivity (Wildman–Crippen MR) is 53.1 cm³/mol. The number of nitrogens with one attached hydrogen (secondary N) is 1. The van der Waals surface area contributed by atoms with Gasteiger partial charge in [0, 0.05) is 6.42 Å². The maximum atomic E-state index is 12.4. The molecule has 1 aliphatic carbocycles. The lowest BCUT2D eigenvalue weighted by molar-refractivity contribution is 0.138. The highest BCUT2D eigenvalue weighted by Crippen LogP contribution is 2.24. The summed E-state index contributed by atoms with van der Waals surface area (Å²) in [5, 5.41) is 2.44. The zero-order chi connectivity index (χ0) is 10.7. The van der Waals surface area contributed by atoms with E-state index in [1.165, 1.54) is 0 Å². The van der Waals surface area contributed by atoms with Gasteiger partial charge in [-0.3, -0.25) is 0 Å². The molecule has 2 atom stereocenters. The SMILES string of the molecule is O=C(N[C@H]1C[C@@H]1F)OCc1ccccc1. The lowest BCUT2D eigenvalue weighted by atomic mass is 10.2. The van der Waals surface area contributed by atoms with Crippen LogP contribution in [0.25, 0.3) is 0 Å². The Morgan fingerprint density at radius 2 is 2.13 bits per heavy atom. The van der Waals surface area contributed by atoms with E-state index in [9.17, 15) is 9.18 Å². The van der Waals surface area contributed by atoms with Crippen molar-refractivity contribution in [2.45, 2.75) is 25.2 Å².